The zero-order valence-corrected chi connectivity index (χ0v) is 14.5. The zero-order valence-electron chi connectivity index (χ0n) is 14.5. The second-order valence-electron chi connectivity index (χ2n) is 6.67. The van der Waals surface area contributed by atoms with Crippen LogP contribution in [0.1, 0.15) is 23.7 Å². The third kappa shape index (κ3) is 2.74. The molecule has 3 aromatic rings. The molecule has 1 aliphatic rings. The second-order valence-corrected chi connectivity index (χ2v) is 6.67. The van der Waals surface area contributed by atoms with Crippen molar-refractivity contribution >= 4 is 11.0 Å². The van der Waals surface area contributed by atoms with E-state index >= 15 is 0 Å². The quantitative estimate of drug-likeness (QED) is 0.652. The number of hydrogen-bond acceptors (Lipinski definition) is 6. The second kappa shape index (κ2) is 6.68. The van der Waals surface area contributed by atoms with E-state index < -0.39 is 18.3 Å². The van der Waals surface area contributed by atoms with Crippen molar-refractivity contribution in [2.24, 2.45) is 5.73 Å². The zero-order chi connectivity index (χ0) is 18.3. The Morgan fingerprint density at radius 1 is 1.19 bits per heavy atom. The molecule has 0 saturated heterocycles. The number of aliphatic hydroxyl groups is 2. The Morgan fingerprint density at radius 3 is 2.81 bits per heavy atom. The van der Waals surface area contributed by atoms with E-state index in [1.807, 2.05) is 48.0 Å². The van der Waals surface area contributed by atoms with Crippen molar-refractivity contribution in [1.82, 2.24) is 14.5 Å². The SMILES string of the molecule is Cc1ncnc2c1ccn2[C@H]1C[C@@H](Oc2ccccc2CN)[C@H](O)[C@@H]1O. The average molecular weight is 354 g/mol. The van der Waals surface area contributed by atoms with Gasteiger partial charge in [-0.3, -0.25) is 0 Å². The molecular weight excluding hydrogens is 332 g/mol. The van der Waals surface area contributed by atoms with E-state index in [0.29, 0.717) is 18.7 Å². The highest BCUT2D eigenvalue weighted by Gasteiger charge is 2.44. The standard InChI is InChI=1S/C19H22N4O3/c1-11-13-6-7-23(19(13)22-10-21-11)14-8-16(18(25)17(14)24)26-15-5-3-2-4-12(15)9-20/h2-7,10,14,16-18,24-25H,8-9,20H2,1H3/t14-,16+,17+,18-/m0/s1. The summed E-state index contributed by atoms with van der Waals surface area (Å²) in [6, 6.07) is 9.09. The van der Waals surface area contributed by atoms with Gasteiger partial charge in [0.1, 0.15) is 36.0 Å². The van der Waals surface area contributed by atoms with E-state index in [4.69, 9.17) is 10.5 Å². The minimum atomic E-state index is -0.994. The van der Waals surface area contributed by atoms with Gasteiger partial charge in [-0.15, -0.1) is 0 Å². The highest BCUT2D eigenvalue weighted by molar-refractivity contribution is 5.78. The normalized spacial score (nSPS) is 25.7. The van der Waals surface area contributed by atoms with E-state index in [2.05, 4.69) is 9.97 Å². The van der Waals surface area contributed by atoms with E-state index in [1.54, 1.807) is 0 Å². The Bertz CT molecular complexity index is 926. The fraction of sp³-hybridized carbons (Fsp3) is 0.368. The van der Waals surface area contributed by atoms with Gasteiger partial charge in [0.05, 0.1) is 11.7 Å². The number of fused-ring (bicyclic) bond motifs is 1. The number of ether oxygens (including phenoxy) is 1. The van der Waals surface area contributed by atoms with E-state index in [9.17, 15) is 10.2 Å². The first kappa shape index (κ1) is 17.0. The van der Waals surface area contributed by atoms with Crippen molar-refractivity contribution in [2.45, 2.75) is 44.2 Å². The van der Waals surface area contributed by atoms with Crippen LogP contribution < -0.4 is 10.5 Å². The van der Waals surface area contributed by atoms with Crippen LogP contribution in [0.2, 0.25) is 0 Å². The van der Waals surface area contributed by atoms with Gasteiger partial charge in [0.15, 0.2) is 0 Å². The fourth-order valence-corrected chi connectivity index (χ4v) is 3.68. The number of hydrogen-bond donors (Lipinski definition) is 3. The lowest BCUT2D eigenvalue weighted by Crippen LogP contribution is -2.34. The Morgan fingerprint density at radius 2 is 2.00 bits per heavy atom. The van der Waals surface area contributed by atoms with Gasteiger partial charge in [0.2, 0.25) is 0 Å². The number of benzene rings is 1. The first-order valence-electron chi connectivity index (χ1n) is 8.69. The van der Waals surface area contributed by atoms with Gasteiger partial charge in [-0.1, -0.05) is 18.2 Å². The Labute approximate surface area is 151 Å². The summed E-state index contributed by atoms with van der Waals surface area (Å²) in [7, 11) is 0. The summed E-state index contributed by atoms with van der Waals surface area (Å²) in [5.41, 5.74) is 8.25. The highest BCUT2D eigenvalue weighted by atomic mass is 16.5. The number of para-hydroxylation sites is 1. The number of nitrogens with zero attached hydrogens (tertiary/aromatic N) is 3. The van der Waals surface area contributed by atoms with Crippen LogP contribution in [-0.4, -0.2) is 43.1 Å². The van der Waals surface area contributed by atoms with Crippen LogP contribution in [0, 0.1) is 6.92 Å². The maximum atomic E-state index is 10.6. The van der Waals surface area contributed by atoms with Crippen LogP contribution >= 0.6 is 0 Å². The van der Waals surface area contributed by atoms with Crippen LogP contribution in [0.4, 0.5) is 0 Å². The number of nitrogens with two attached hydrogens (primary N) is 1. The molecule has 4 N–H and O–H groups in total. The van der Waals surface area contributed by atoms with Gasteiger partial charge in [-0.25, -0.2) is 9.97 Å². The summed E-state index contributed by atoms with van der Waals surface area (Å²) >= 11 is 0. The molecule has 7 heteroatoms. The fourth-order valence-electron chi connectivity index (χ4n) is 3.68. The largest absolute Gasteiger partial charge is 0.487 e. The molecule has 0 unspecified atom stereocenters. The first-order valence-corrected chi connectivity index (χ1v) is 8.69. The maximum Gasteiger partial charge on any atom is 0.143 e. The smallest absolute Gasteiger partial charge is 0.143 e. The predicted molar refractivity (Wildman–Crippen MR) is 96.7 cm³/mol. The Kier molecular flexibility index (Phi) is 4.36. The van der Waals surface area contributed by atoms with Gasteiger partial charge in [0.25, 0.3) is 0 Å². The average Bonchev–Trinajstić information content (AvgIpc) is 3.20. The summed E-state index contributed by atoms with van der Waals surface area (Å²) < 4.78 is 7.91. The van der Waals surface area contributed by atoms with Crippen LogP contribution in [0.5, 0.6) is 5.75 Å². The van der Waals surface area contributed by atoms with Gasteiger partial charge in [-0.2, -0.15) is 0 Å². The molecule has 1 fully saturated rings. The van der Waals surface area contributed by atoms with E-state index in [1.165, 1.54) is 6.33 Å². The molecule has 4 atom stereocenters. The Hall–Kier alpha value is -2.48. The monoisotopic (exact) mass is 354 g/mol. The summed E-state index contributed by atoms with van der Waals surface area (Å²) in [5.74, 6) is 0.641. The van der Waals surface area contributed by atoms with E-state index in [0.717, 1.165) is 22.3 Å². The summed E-state index contributed by atoms with van der Waals surface area (Å²) in [5, 5.41) is 22.1. The molecule has 2 heterocycles. The topological polar surface area (TPSA) is 106 Å². The molecule has 1 aromatic carbocycles. The number of aryl methyl sites for hydroxylation is 1. The molecule has 1 aliphatic carbocycles. The molecule has 0 radical (unpaired) electrons. The summed E-state index contributed by atoms with van der Waals surface area (Å²) in [6.07, 6.45) is 1.39. The highest BCUT2D eigenvalue weighted by Crippen LogP contribution is 2.36. The van der Waals surface area contributed by atoms with Gasteiger partial charge >= 0.3 is 0 Å². The van der Waals surface area contributed by atoms with Crippen molar-refractivity contribution in [3.05, 3.63) is 54.1 Å². The van der Waals surface area contributed by atoms with Crippen molar-refractivity contribution < 1.29 is 14.9 Å². The molecule has 1 saturated carbocycles. The minimum absolute atomic E-state index is 0.327. The summed E-state index contributed by atoms with van der Waals surface area (Å²) in [6.45, 7) is 2.27. The van der Waals surface area contributed by atoms with Crippen LogP contribution in [0.15, 0.2) is 42.9 Å². The van der Waals surface area contributed by atoms with Crippen molar-refractivity contribution in [1.29, 1.82) is 0 Å². The van der Waals surface area contributed by atoms with Crippen molar-refractivity contribution in [3.8, 4) is 5.75 Å². The van der Waals surface area contributed by atoms with Gasteiger partial charge < -0.3 is 25.3 Å². The van der Waals surface area contributed by atoms with Gasteiger partial charge in [0, 0.05) is 30.1 Å². The molecule has 0 bridgehead atoms. The summed E-state index contributed by atoms with van der Waals surface area (Å²) in [4.78, 5) is 8.54. The van der Waals surface area contributed by atoms with Crippen molar-refractivity contribution in [2.75, 3.05) is 0 Å². The molecule has 7 nitrogen and oxygen atoms in total. The number of rotatable bonds is 4. The molecule has 0 spiro atoms. The third-order valence-corrected chi connectivity index (χ3v) is 5.14. The van der Waals surface area contributed by atoms with Crippen LogP contribution in [-0.2, 0) is 6.54 Å². The molecule has 26 heavy (non-hydrogen) atoms. The van der Waals surface area contributed by atoms with E-state index in [-0.39, 0.29) is 6.04 Å². The molecule has 136 valence electrons. The minimum Gasteiger partial charge on any atom is -0.487 e. The number of aromatic nitrogens is 3. The van der Waals surface area contributed by atoms with Crippen LogP contribution in [0.25, 0.3) is 11.0 Å². The predicted octanol–water partition coefficient (Wildman–Crippen LogP) is 1.31. The lowest BCUT2D eigenvalue weighted by molar-refractivity contribution is -0.0165. The molecular formula is C19H22N4O3. The molecule has 0 amide bonds. The third-order valence-electron chi connectivity index (χ3n) is 5.14. The lowest BCUT2D eigenvalue weighted by atomic mass is 10.2. The van der Waals surface area contributed by atoms with Crippen molar-refractivity contribution in [3.63, 3.8) is 0 Å². The first-order chi connectivity index (χ1) is 12.6. The molecule has 4 rings (SSSR count). The number of aliphatic hydroxyl groups excluding tert-OH is 2. The van der Waals surface area contributed by atoms with Crippen LogP contribution in [0.3, 0.4) is 0 Å². The van der Waals surface area contributed by atoms with Gasteiger partial charge in [-0.05, 0) is 19.1 Å². The molecule has 0 aliphatic heterocycles. The Balaban J connectivity index is 1.62. The molecule has 2 aromatic heterocycles. The maximum absolute atomic E-state index is 10.6. The lowest BCUT2D eigenvalue weighted by Gasteiger charge is -2.20.